The summed E-state index contributed by atoms with van der Waals surface area (Å²) in [6, 6.07) is 16.3. The van der Waals surface area contributed by atoms with Crippen LogP contribution in [0.5, 0.6) is 0 Å². The minimum Gasteiger partial charge on any atom is -0.350 e. The van der Waals surface area contributed by atoms with Crippen molar-refractivity contribution < 1.29 is 14.4 Å². The quantitative estimate of drug-likeness (QED) is 0.497. The Morgan fingerprint density at radius 2 is 1.44 bits per heavy atom. The van der Waals surface area contributed by atoms with Crippen LogP contribution < -0.4 is 16.0 Å². The van der Waals surface area contributed by atoms with Gasteiger partial charge in [0, 0.05) is 16.1 Å². The van der Waals surface area contributed by atoms with Gasteiger partial charge in [-0.15, -0.1) is 11.8 Å². The summed E-state index contributed by atoms with van der Waals surface area (Å²) in [6.45, 7) is -0.126. The van der Waals surface area contributed by atoms with Crippen LogP contribution in [0.4, 0.5) is 5.69 Å². The molecule has 4 fully saturated rings. The van der Waals surface area contributed by atoms with E-state index in [1.54, 1.807) is 24.3 Å². The molecule has 4 aliphatic rings. The summed E-state index contributed by atoms with van der Waals surface area (Å²) in [7, 11) is 0. The van der Waals surface area contributed by atoms with Gasteiger partial charge in [0.15, 0.2) is 0 Å². The van der Waals surface area contributed by atoms with E-state index in [2.05, 4.69) is 16.0 Å². The van der Waals surface area contributed by atoms with Crippen LogP contribution in [0, 0.1) is 17.8 Å². The predicted molar refractivity (Wildman–Crippen MR) is 134 cm³/mol. The largest absolute Gasteiger partial charge is 0.350 e. The average molecular weight is 478 g/mol. The van der Waals surface area contributed by atoms with E-state index in [1.807, 2.05) is 30.3 Å². The molecule has 0 spiro atoms. The van der Waals surface area contributed by atoms with Crippen molar-refractivity contribution in [2.24, 2.45) is 17.8 Å². The molecule has 3 N–H and O–H groups in total. The van der Waals surface area contributed by atoms with Crippen molar-refractivity contribution >= 4 is 35.2 Å². The summed E-state index contributed by atoms with van der Waals surface area (Å²) in [6.07, 6.45) is 7.40. The zero-order valence-corrected chi connectivity index (χ0v) is 20.0. The topological polar surface area (TPSA) is 87.3 Å². The zero-order valence-electron chi connectivity index (χ0n) is 19.2. The second kappa shape index (κ2) is 9.82. The molecule has 178 valence electrons. The smallest absolute Gasteiger partial charge is 0.252 e. The molecule has 0 atom stereocenters. The van der Waals surface area contributed by atoms with E-state index < -0.39 is 0 Å². The third-order valence-corrected chi connectivity index (χ3v) is 8.47. The lowest BCUT2D eigenvalue weighted by atomic mass is 9.53. The molecular weight excluding hydrogens is 446 g/mol. The van der Waals surface area contributed by atoms with Gasteiger partial charge in [-0.05, 0) is 80.5 Å². The Labute approximate surface area is 204 Å². The summed E-state index contributed by atoms with van der Waals surface area (Å²) in [4.78, 5) is 38.6. The van der Waals surface area contributed by atoms with E-state index in [0.717, 1.165) is 41.9 Å². The molecule has 0 unspecified atom stereocenters. The summed E-state index contributed by atoms with van der Waals surface area (Å²) in [5.41, 5.74) is 1.15. The number of nitrogens with one attached hydrogen (secondary N) is 3. The van der Waals surface area contributed by atoms with Gasteiger partial charge in [0.25, 0.3) is 5.91 Å². The Balaban J connectivity index is 1.14. The van der Waals surface area contributed by atoms with Crippen LogP contribution in [-0.4, -0.2) is 35.6 Å². The van der Waals surface area contributed by atoms with Gasteiger partial charge < -0.3 is 16.0 Å². The molecule has 4 bridgehead atoms. The van der Waals surface area contributed by atoms with E-state index in [-0.39, 0.29) is 35.6 Å². The Kier molecular flexibility index (Phi) is 6.63. The van der Waals surface area contributed by atoms with E-state index in [4.69, 9.17) is 0 Å². The third kappa shape index (κ3) is 5.30. The number of hydrogen-bond acceptors (Lipinski definition) is 4. The van der Waals surface area contributed by atoms with Crippen LogP contribution in [0.15, 0.2) is 59.5 Å². The van der Waals surface area contributed by atoms with Crippen molar-refractivity contribution in [2.75, 3.05) is 17.6 Å². The van der Waals surface area contributed by atoms with Gasteiger partial charge in [-0.25, -0.2) is 0 Å². The predicted octanol–water partition coefficient (Wildman–Crippen LogP) is 4.23. The van der Waals surface area contributed by atoms with Crippen molar-refractivity contribution in [1.82, 2.24) is 10.6 Å². The first-order valence-corrected chi connectivity index (χ1v) is 13.1. The maximum absolute atomic E-state index is 12.9. The highest BCUT2D eigenvalue weighted by atomic mass is 32.2. The summed E-state index contributed by atoms with van der Waals surface area (Å²) in [5, 5.41) is 8.83. The van der Waals surface area contributed by atoms with Gasteiger partial charge in [-0.3, -0.25) is 14.4 Å². The van der Waals surface area contributed by atoms with Gasteiger partial charge in [0.05, 0.1) is 17.9 Å². The second-order valence-corrected chi connectivity index (χ2v) is 11.1. The summed E-state index contributed by atoms with van der Waals surface area (Å²) >= 11 is 1.38. The van der Waals surface area contributed by atoms with Crippen LogP contribution in [0.25, 0.3) is 0 Å². The highest BCUT2D eigenvalue weighted by molar-refractivity contribution is 8.00. The van der Waals surface area contributed by atoms with E-state index in [0.29, 0.717) is 11.3 Å². The number of anilines is 1. The first kappa shape index (κ1) is 23.0. The van der Waals surface area contributed by atoms with Crippen LogP contribution in [-0.2, 0) is 9.59 Å². The minimum atomic E-state index is -0.326. The number of amides is 3. The normalized spacial score (nSPS) is 26.6. The summed E-state index contributed by atoms with van der Waals surface area (Å²) in [5.74, 6) is 2.05. The molecule has 2 aromatic rings. The van der Waals surface area contributed by atoms with Gasteiger partial charge in [-0.1, -0.05) is 30.3 Å². The van der Waals surface area contributed by atoms with Gasteiger partial charge >= 0.3 is 0 Å². The summed E-state index contributed by atoms with van der Waals surface area (Å²) < 4.78 is 0. The molecule has 2 aromatic carbocycles. The number of rotatable bonds is 8. The van der Waals surface area contributed by atoms with Crippen molar-refractivity contribution in [3.8, 4) is 0 Å². The molecular formula is C27H31N3O3S. The molecule has 4 saturated carbocycles. The lowest BCUT2D eigenvalue weighted by Gasteiger charge is -2.56. The zero-order chi connectivity index (χ0) is 23.5. The van der Waals surface area contributed by atoms with Crippen LogP contribution in [0.2, 0.25) is 0 Å². The fourth-order valence-corrected chi connectivity index (χ4v) is 7.35. The molecule has 0 saturated heterocycles. The van der Waals surface area contributed by atoms with Gasteiger partial charge in [-0.2, -0.15) is 0 Å². The Bertz CT molecular complexity index is 1040. The molecule has 6 rings (SSSR count). The molecule has 34 heavy (non-hydrogen) atoms. The highest BCUT2D eigenvalue weighted by Crippen LogP contribution is 2.55. The van der Waals surface area contributed by atoms with Crippen LogP contribution in [0.1, 0.15) is 48.9 Å². The lowest BCUT2D eigenvalue weighted by molar-refractivity contribution is -0.124. The average Bonchev–Trinajstić information content (AvgIpc) is 2.81. The van der Waals surface area contributed by atoms with Crippen molar-refractivity contribution in [2.45, 2.75) is 49.0 Å². The van der Waals surface area contributed by atoms with Gasteiger partial charge in [0.1, 0.15) is 0 Å². The molecule has 0 radical (unpaired) electrons. The lowest BCUT2D eigenvalue weighted by Crippen LogP contribution is -2.60. The number of hydrogen-bond donors (Lipinski definition) is 3. The first-order valence-electron chi connectivity index (χ1n) is 12.1. The van der Waals surface area contributed by atoms with Crippen LogP contribution >= 0.6 is 11.8 Å². The first-order chi connectivity index (χ1) is 16.5. The number of thioether (sulfide) groups is 1. The molecule has 3 amide bonds. The maximum Gasteiger partial charge on any atom is 0.252 e. The van der Waals surface area contributed by atoms with E-state index in [9.17, 15) is 14.4 Å². The highest BCUT2D eigenvalue weighted by Gasteiger charge is 2.51. The Hall–Kier alpha value is -2.80. The van der Waals surface area contributed by atoms with Gasteiger partial charge in [0.2, 0.25) is 11.8 Å². The minimum absolute atomic E-state index is 0.00456. The Morgan fingerprint density at radius 3 is 2.12 bits per heavy atom. The molecule has 0 heterocycles. The number of carbonyl (C=O) groups is 3. The molecule has 0 aliphatic heterocycles. The van der Waals surface area contributed by atoms with E-state index >= 15 is 0 Å². The van der Waals surface area contributed by atoms with E-state index in [1.165, 1.54) is 31.0 Å². The van der Waals surface area contributed by atoms with Crippen LogP contribution in [0.3, 0.4) is 0 Å². The standard InChI is InChI=1S/C27H31N3O3S/c31-24(29-21-6-2-1-3-7-21)16-28-26(33)22-8-4-5-9-23(22)34-17-25(32)30-27-13-18-10-19(14-27)12-20(11-18)15-27/h1-9,18-20H,10-17H2,(H,28,33)(H,29,31)(H,30,32). The molecule has 0 aromatic heterocycles. The fraction of sp³-hybridized carbons (Fsp3) is 0.444. The maximum atomic E-state index is 12.9. The third-order valence-electron chi connectivity index (χ3n) is 7.40. The fourth-order valence-electron chi connectivity index (χ4n) is 6.50. The molecule has 4 aliphatic carbocycles. The van der Waals surface area contributed by atoms with Crippen molar-refractivity contribution in [3.63, 3.8) is 0 Å². The second-order valence-electron chi connectivity index (χ2n) is 10.1. The number of para-hydroxylation sites is 1. The number of benzene rings is 2. The molecule has 7 heteroatoms. The monoisotopic (exact) mass is 477 g/mol. The number of carbonyl (C=O) groups excluding carboxylic acids is 3. The Morgan fingerprint density at radius 1 is 0.824 bits per heavy atom. The molecule has 6 nitrogen and oxygen atoms in total. The SMILES string of the molecule is O=C(CNC(=O)c1ccccc1SCC(=O)NC12CC3CC(CC(C3)C1)C2)Nc1ccccc1. The van der Waals surface area contributed by atoms with Crippen molar-refractivity contribution in [3.05, 3.63) is 60.2 Å². The van der Waals surface area contributed by atoms with Crippen molar-refractivity contribution in [1.29, 1.82) is 0 Å².